The molecule has 0 fully saturated rings. The number of anilines is 1. The molecule has 8 heteroatoms. The van der Waals surface area contributed by atoms with E-state index in [1.54, 1.807) is 0 Å². The molecule has 0 radical (unpaired) electrons. The monoisotopic (exact) mass is 338 g/mol. The number of hydrogen-bond acceptors (Lipinski definition) is 6. The maximum Gasteiger partial charge on any atom is 0.275 e. The van der Waals surface area contributed by atoms with E-state index in [1.807, 2.05) is 35.3 Å². The van der Waals surface area contributed by atoms with Crippen LogP contribution >= 0.6 is 11.3 Å². The highest BCUT2D eigenvalue weighted by molar-refractivity contribution is 7.20. The lowest BCUT2D eigenvalue weighted by Crippen LogP contribution is -2.12. The average Bonchev–Trinajstić information content (AvgIpc) is 3.21. The Labute approximate surface area is 141 Å². The molecular weight excluding hydrogens is 324 g/mol. The molecule has 7 nitrogen and oxygen atoms in total. The Balaban J connectivity index is 1.44. The first-order valence-corrected chi connectivity index (χ1v) is 8.23. The van der Waals surface area contributed by atoms with Crippen molar-refractivity contribution >= 4 is 21.4 Å². The number of hydrogen-bond donors (Lipinski definition) is 1. The summed E-state index contributed by atoms with van der Waals surface area (Å²) in [6.07, 6.45) is 5.32. The summed E-state index contributed by atoms with van der Waals surface area (Å²) in [6, 6.07) is 11.6. The average molecular weight is 338 g/mol. The molecule has 0 aliphatic carbocycles. The summed E-state index contributed by atoms with van der Waals surface area (Å²) in [4.78, 5) is 16.4. The van der Waals surface area contributed by atoms with Gasteiger partial charge in [-0.05, 0) is 5.56 Å². The Morgan fingerprint density at radius 1 is 1.12 bits per heavy atom. The molecular formula is C16H14N6OS. The van der Waals surface area contributed by atoms with Gasteiger partial charge in [-0.1, -0.05) is 41.7 Å². The second-order valence-corrected chi connectivity index (χ2v) is 6.23. The first kappa shape index (κ1) is 14.6. The van der Waals surface area contributed by atoms with E-state index in [2.05, 4.69) is 32.6 Å². The third-order valence-electron chi connectivity index (χ3n) is 3.49. The molecule has 0 amide bonds. The quantitative estimate of drug-likeness (QED) is 0.602. The van der Waals surface area contributed by atoms with Gasteiger partial charge in [0.1, 0.15) is 0 Å². The fourth-order valence-corrected chi connectivity index (χ4v) is 3.12. The minimum atomic E-state index is -0.181. The Hall–Kier alpha value is -3.00. The van der Waals surface area contributed by atoms with Crippen LogP contribution in [0.3, 0.4) is 0 Å². The summed E-state index contributed by atoms with van der Waals surface area (Å²) in [6.45, 7) is 1.32. The molecule has 0 spiro atoms. The highest BCUT2D eigenvalue weighted by Crippen LogP contribution is 2.16. The molecule has 0 aliphatic rings. The highest BCUT2D eigenvalue weighted by Gasteiger charge is 2.06. The third-order valence-corrected chi connectivity index (χ3v) is 4.37. The van der Waals surface area contributed by atoms with Crippen molar-refractivity contribution in [2.24, 2.45) is 0 Å². The summed E-state index contributed by atoms with van der Waals surface area (Å²) < 4.78 is 3.20. The molecule has 1 aromatic carbocycles. The molecule has 24 heavy (non-hydrogen) atoms. The molecule has 0 atom stereocenters. The van der Waals surface area contributed by atoms with Crippen LogP contribution in [0.15, 0.2) is 59.8 Å². The first-order chi connectivity index (χ1) is 11.8. The van der Waals surface area contributed by atoms with Crippen LogP contribution in [0.2, 0.25) is 0 Å². The summed E-state index contributed by atoms with van der Waals surface area (Å²) in [5.74, 6) is 0. The predicted molar refractivity (Wildman–Crippen MR) is 92.2 cm³/mol. The molecule has 0 aliphatic heterocycles. The largest absolute Gasteiger partial charge is 0.356 e. The lowest BCUT2D eigenvalue weighted by atomic mass is 10.2. The molecule has 1 N–H and O–H groups in total. The van der Waals surface area contributed by atoms with Crippen molar-refractivity contribution in [3.63, 3.8) is 0 Å². The van der Waals surface area contributed by atoms with Crippen LogP contribution in [-0.2, 0) is 13.1 Å². The van der Waals surface area contributed by atoms with E-state index in [1.165, 1.54) is 33.7 Å². The van der Waals surface area contributed by atoms with Crippen molar-refractivity contribution in [2.75, 3.05) is 5.32 Å². The molecule has 4 rings (SSSR count). The summed E-state index contributed by atoms with van der Waals surface area (Å²) in [7, 11) is 0. The lowest BCUT2D eigenvalue weighted by molar-refractivity contribution is 0.686. The number of nitrogens with one attached hydrogen (secondary N) is 1. The van der Waals surface area contributed by atoms with Crippen molar-refractivity contribution in [3.05, 3.63) is 76.5 Å². The van der Waals surface area contributed by atoms with Crippen LogP contribution in [0.25, 0.3) is 4.96 Å². The Morgan fingerprint density at radius 3 is 2.83 bits per heavy atom. The molecule has 0 unspecified atom stereocenters. The second-order valence-electron chi connectivity index (χ2n) is 5.27. The zero-order chi connectivity index (χ0) is 16.4. The number of fused-ring (bicyclic) bond motifs is 1. The standard InChI is InChI=1S/C16H14N6OS/c23-14-6-7-17-16-22(14)20-15(24-16)18-8-13-9-19-21(11-13)10-12-4-2-1-3-5-12/h1-7,9,11H,8,10H2,(H,18,20). The maximum absolute atomic E-state index is 11.7. The van der Waals surface area contributed by atoms with Gasteiger partial charge in [0.2, 0.25) is 10.1 Å². The molecule has 0 saturated heterocycles. The van der Waals surface area contributed by atoms with Crippen molar-refractivity contribution in [2.45, 2.75) is 13.1 Å². The van der Waals surface area contributed by atoms with E-state index in [-0.39, 0.29) is 5.56 Å². The van der Waals surface area contributed by atoms with Crippen molar-refractivity contribution in [1.29, 1.82) is 0 Å². The molecule has 120 valence electrons. The molecule has 4 aromatic rings. The van der Waals surface area contributed by atoms with E-state index < -0.39 is 0 Å². The van der Waals surface area contributed by atoms with Gasteiger partial charge in [0.25, 0.3) is 5.56 Å². The zero-order valence-corrected chi connectivity index (χ0v) is 13.5. The number of rotatable bonds is 5. The molecule has 0 bridgehead atoms. The van der Waals surface area contributed by atoms with Gasteiger partial charge >= 0.3 is 0 Å². The van der Waals surface area contributed by atoms with E-state index in [4.69, 9.17) is 0 Å². The van der Waals surface area contributed by atoms with Crippen LogP contribution < -0.4 is 10.9 Å². The van der Waals surface area contributed by atoms with Crippen LogP contribution in [-0.4, -0.2) is 24.4 Å². The van der Waals surface area contributed by atoms with Gasteiger partial charge in [-0.3, -0.25) is 9.48 Å². The topological polar surface area (TPSA) is 77.1 Å². The Morgan fingerprint density at radius 2 is 2.00 bits per heavy atom. The fraction of sp³-hybridized carbons (Fsp3) is 0.125. The molecule has 3 aromatic heterocycles. The number of nitrogens with zero attached hydrogens (tertiary/aromatic N) is 5. The number of benzene rings is 1. The van der Waals surface area contributed by atoms with Gasteiger partial charge in [0, 0.05) is 30.6 Å². The zero-order valence-electron chi connectivity index (χ0n) is 12.7. The van der Waals surface area contributed by atoms with E-state index in [0.717, 1.165) is 12.1 Å². The van der Waals surface area contributed by atoms with Gasteiger partial charge in [0.15, 0.2) is 0 Å². The van der Waals surface area contributed by atoms with Crippen LogP contribution in [0.5, 0.6) is 0 Å². The SMILES string of the molecule is O=c1ccnc2sc(NCc3cnn(Cc4ccccc4)c3)nn12. The Kier molecular flexibility index (Phi) is 3.80. The van der Waals surface area contributed by atoms with Gasteiger partial charge in [-0.25, -0.2) is 4.98 Å². The molecule has 3 heterocycles. The highest BCUT2D eigenvalue weighted by atomic mass is 32.1. The van der Waals surface area contributed by atoms with E-state index >= 15 is 0 Å². The van der Waals surface area contributed by atoms with Gasteiger partial charge in [0.05, 0.1) is 12.7 Å². The number of aromatic nitrogens is 5. The van der Waals surface area contributed by atoms with Gasteiger partial charge in [-0.2, -0.15) is 9.61 Å². The third kappa shape index (κ3) is 3.04. The first-order valence-electron chi connectivity index (χ1n) is 7.42. The summed E-state index contributed by atoms with van der Waals surface area (Å²) in [5.41, 5.74) is 2.07. The van der Waals surface area contributed by atoms with Gasteiger partial charge < -0.3 is 5.32 Å². The maximum atomic E-state index is 11.7. The van der Waals surface area contributed by atoms with Crippen LogP contribution in [0.4, 0.5) is 5.13 Å². The molecule has 0 saturated carbocycles. The second kappa shape index (κ2) is 6.25. The van der Waals surface area contributed by atoms with Crippen molar-refractivity contribution in [3.8, 4) is 0 Å². The summed E-state index contributed by atoms with van der Waals surface area (Å²) >= 11 is 1.34. The van der Waals surface area contributed by atoms with E-state index in [0.29, 0.717) is 16.6 Å². The Bertz CT molecular complexity index is 1020. The van der Waals surface area contributed by atoms with Crippen LogP contribution in [0.1, 0.15) is 11.1 Å². The smallest absolute Gasteiger partial charge is 0.275 e. The minimum absolute atomic E-state index is 0.181. The lowest BCUT2D eigenvalue weighted by Gasteiger charge is -2.01. The predicted octanol–water partition coefficient (Wildman–Crippen LogP) is 2.01. The van der Waals surface area contributed by atoms with Gasteiger partial charge in [-0.15, -0.1) is 5.10 Å². The van der Waals surface area contributed by atoms with Crippen LogP contribution in [0, 0.1) is 0 Å². The minimum Gasteiger partial charge on any atom is -0.356 e. The summed E-state index contributed by atoms with van der Waals surface area (Å²) in [5, 5.41) is 12.5. The van der Waals surface area contributed by atoms with E-state index in [9.17, 15) is 4.79 Å². The van der Waals surface area contributed by atoms with Crippen molar-refractivity contribution in [1.82, 2.24) is 24.4 Å². The normalized spacial score (nSPS) is 11.0. The van der Waals surface area contributed by atoms with Crippen molar-refractivity contribution < 1.29 is 0 Å². The fourth-order valence-electron chi connectivity index (χ4n) is 2.35.